The summed E-state index contributed by atoms with van der Waals surface area (Å²) in [5, 5.41) is 1.63. The molecule has 0 aliphatic carbocycles. The average Bonchev–Trinajstić information content (AvgIpc) is 2.82. The minimum Gasteiger partial charge on any atom is -0.377 e. The lowest BCUT2D eigenvalue weighted by molar-refractivity contribution is 0.127. The molecule has 2 rings (SSSR count). The van der Waals surface area contributed by atoms with Crippen molar-refractivity contribution in [2.75, 3.05) is 6.61 Å². The summed E-state index contributed by atoms with van der Waals surface area (Å²) in [6.07, 6.45) is 2.41. The summed E-state index contributed by atoms with van der Waals surface area (Å²) in [4.78, 5) is 0. The average molecular weight is 300 g/mol. The molecule has 1 aliphatic rings. The van der Waals surface area contributed by atoms with Gasteiger partial charge in [0.25, 0.3) is 0 Å². The molecule has 1 heterocycles. The maximum absolute atomic E-state index is 6.32. The monoisotopic (exact) mass is 299 g/mol. The normalized spacial score (nSPS) is 26.3. The molecule has 4 unspecified atom stereocenters. The van der Waals surface area contributed by atoms with Crippen LogP contribution in [-0.2, 0) is 4.74 Å². The number of ether oxygens (including phenoxy) is 1. The number of benzene rings is 1. The van der Waals surface area contributed by atoms with E-state index in [0.29, 0.717) is 16.6 Å². The summed E-state index contributed by atoms with van der Waals surface area (Å²) in [6.45, 7) is 5.16. The molecule has 1 saturated heterocycles. The van der Waals surface area contributed by atoms with Gasteiger partial charge < -0.3 is 10.5 Å². The van der Waals surface area contributed by atoms with E-state index < -0.39 is 0 Å². The molecule has 106 valence electrons. The highest BCUT2D eigenvalue weighted by Crippen LogP contribution is 2.40. The lowest BCUT2D eigenvalue weighted by Gasteiger charge is -2.27. The van der Waals surface area contributed by atoms with Crippen molar-refractivity contribution < 1.29 is 4.74 Å². The summed E-state index contributed by atoms with van der Waals surface area (Å²) < 4.78 is 5.65. The standard InChI is InChI=1S/C15H22ClNOS/c1-3-13(17)15(11-4-6-12(16)7-5-11)19-14-8-9-18-10(14)2/h4-7,10,13-15H,3,8-9,17H2,1-2H3. The molecule has 2 nitrogen and oxygen atoms in total. The topological polar surface area (TPSA) is 35.2 Å². The Hall–Kier alpha value is -0.220. The summed E-state index contributed by atoms with van der Waals surface area (Å²) in [7, 11) is 0. The maximum Gasteiger partial charge on any atom is 0.0666 e. The van der Waals surface area contributed by atoms with E-state index in [0.717, 1.165) is 24.5 Å². The summed E-state index contributed by atoms with van der Waals surface area (Å²) in [5.41, 5.74) is 7.58. The Kier molecular flexibility index (Phi) is 5.58. The number of thioether (sulfide) groups is 1. The van der Waals surface area contributed by atoms with Gasteiger partial charge in [0.2, 0.25) is 0 Å². The van der Waals surface area contributed by atoms with Gasteiger partial charge in [-0.1, -0.05) is 30.7 Å². The molecule has 4 atom stereocenters. The Bertz CT molecular complexity index is 398. The third kappa shape index (κ3) is 3.88. The van der Waals surface area contributed by atoms with Crippen LogP contribution in [0.4, 0.5) is 0 Å². The van der Waals surface area contributed by atoms with Gasteiger partial charge in [0.15, 0.2) is 0 Å². The summed E-state index contributed by atoms with van der Waals surface area (Å²) in [5.74, 6) is 0. The first-order valence-corrected chi connectivity index (χ1v) is 8.22. The van der Waals surface area contributed by atoms with Gasteiger partial charge in [0, 0.05) is 28.2 Å². The van der Waals surface area contributed by atoms with E-state index in [-0.39, 0.29) is 6.04 Å². The van der Waals surface area contributed by atoms with Gasteiger partial charge in [-0.2, -0.15) is 0 Å². The zero-order valence-electron chi connectivity index (χ0n) is 11.5. The van der Waals surface area contributed by atoms with E-state index >= 15 is 0 Å². The zero-order chi connectivity index (χ0) is 13.8. The third-order valence-electron chi connectivity index (χ3n) is 3.69. The lowest BCUT2D eigenvalue weighted by atomic mass is 10.0. The largest absolute Gasteiger partial charge is 0.377 e. The van der Waals surface area contributed by atoms with Crippen molar-refractivity contribution in [3.05, 3.63) is 34.9 Å². The minimum absolute atomic E-state index is 0.166. The Balaban J connectivity index is 2.13. The Morgan fingerprint density at radius 1 is 1.42 bits per heavy atom. The van der Waals surface area contributed by atoms with Crippen LogP contribution in [0, 0.1) is 0 Å². The second kappa shape index (κ2) is 6.98. The van der Waals surface area contributed by atoms with Crippen LogP contribution in [-0.4, -0.2) is 24.0 Å². The van der Waals surface area contributed by atoms with Crippen LogP contribution < -0.4 is 5.73 Å². The van der Waals surface area contributed by atoms with Gasteiger partial charge in [-0.25, -0.2) is 0 Å². The first-order chi connectivity index (χ1) is 9.11. The number of hydrogen-bond donors (Lipinski definition) is 1. The summed E-state index contributed by atoms with van der Waals surface area (Å²) in [6, 6.07) is 8.24. The Labute approximate surface area is 125 Å². The molecule has 1 aromatic carbocycles. The predicted molar refractivity (Wildman–Crippen MR) is 83.9 cm³/mol. The second-order valence-electron chi connectivity index (χ2n) is 5.08. The molecule has 4 heteroatoms. The molecule has 1 fully saturated rings. The van der Waals surface area contributed by atoms with Crippen LogP contribution in [0.2, 0.25) is 5.02 Å². The highest BCUT2D eigenvalue weighted by atomic mass is 35.5. The predicted octanol–water partition coefficient (Wildman–Crippen LogP) is 4.03. The van der Waals surface area contributed by atoms with Crippen LogP contribution in [0.3, 0.4) is 0 Å². The molecule has 19 heavy (non-hydrogen) atoms. The first kappa shape index (κ1) is 15.2. The van der Waals surface area contributed by atoms with Crippen molar-refractivity contribution >= 4 is 23.4 Å². The van der Waals surface area contributed by atoms with Crippen LogP contribution in [0.15, 0.2) is 24.3 Å². The van der Waals surface area contributed by atoms with E-state index in [1.54, 1.807) is 0 Å². The van der Waals surface area contributed by atoms with E-state index in [9.17, 15) is 0 Å². The van der Waals surface area contributed by atoms with Gasteiger partial charge in [-0.15, -0.1) is 11.8 Å². The fourth-order valence-electron chi connectivity index (χ4n) is 2.37. The quantitative estimate of drug-likeness (QED) is 0.891. The van der Waals surface area contributed by atoms with E-state index in [1.807, 2.05) is 23.9 Å². The third-order valence-corrected chi connectivity index (χ3v) is 5.82. The summed E-state index contributed by atoms with van der Waals surface area (Å²) >= 11 is 7.92. The zero-order valence-corrected chi connectivity index (χ0v) is 13.1. The molecule has 0 radical (unpaired) electrons. The van der Waals surface area contributed by atoms with E-state index in [1.165, 1.54) is 5.56 Å². The fraction of sp³-hybridized carbons (Fsp3) is 0.600. The molecule has 0 aromatic heterocycles. The van der Waals surface area contributed by atoms with Gasteiger partial charge >= 0.3 is 0 Å². The van der Waals surface area contributed by atoms with Gasteiger partial charge in [-0.05, 0) is 37.5 Å². The number of nitrogens with two attached hydrogens (primary N) is 1. The van der Waals surface area contributed by atoms with Crippen LogP contribution >= 0.6 is 23.4 Å². The maximum atomic E-state index is 6.32. The lowest BCUT2D eigenvalue weighted by Crippen LogP contribution is -2.28. The van der Waals surface area contributed by atoms with Crippen molar-refractivity contribution in [1.29, 1.82) is 0 Å². The van der Waals surface area contributed by atoms with Crippen LogP contribution in [0.5, 0.6) is 0 Å². The van der Waals surface area contributed by atoms with Gasteiger partial charge in [0.1, 0.15) is 0 Å². The Morgan fingerprint density at radius 2 is 2.11 bits per heavy atom. The van der Waals surface area contributed by atoms with Crippen molar-refractivity contribution in [3.63, 3.8) is 0 Å². The smallest absolute Gasteiger partial charge is 0.0666 e. The van der Waals surface area contributed by atoms with Crippen molar-refractivity contribution in [1.82, 2.24) is 0 Å². The minimum atomic E-state index is 0.166. The molecule has 0 spiro atoms. The van der Waals surface area contributed by atoms with Crippen molar-refractivity contribution in [2.24, 2.45) is 5.73 Å². The molecular formula is C15H22ClNOS. The second-order valence-corrected chi connectivity index (χ2v) is 6.91. The number of hydrogen-bond acceptors (Lipinski definition) is 3. The Morgan fingerprint density at radius 3 is 2.63 bits per heavy atom. The fourth-order valence-corrected chi connectivity index (χ4v) is 4.12. The number of rotatable bonds is 5. The number of halogens is 1. The highest BCUT2D eigenvalue weighted by molar-refractivity contribution is 8.00. The van der Waals surface area contributed by atoms with Crippen LogP contribution in [0.1, 0.15) is 37.5 Å². The molecule has 1 aromatic rings. The molecule has 0 bridgehead atoms. The van der Waals surface area contributed by atoms with Gasteiger partial charge in [0.05, 0.1) is 6.10 Å². The van der Waals surface area contributed by atoms with E-state index in [2.05, 4.69) is 26.0 Å². The van der Waals surface area contributed by atoms with E-state index in [4.69, 9.17) is 22.1 Å². The molecule has 2 N–H and O–H groups in total. The van der Waals surface area contributed by atoms with Crippen LogP contribution in [0.25, 0.3) is 0 Å². The van der Waals surface area contributed by atoms with Crippen molar-refractivity contribution in [3.8, 4) is 0 Å². The first-order valence-electron chi connectivity index (χ1n) is 6.90. The van der Waals surface area contributed by atoms with Gasteiger partial charge in [-0.3, -0.25) is 0 Å². The molecular weight excluding hydrogens is 278 g/mol. The van der Waals surface area contributed by atoms with Crippen molar-refractivity contribution in [2.45, 2.75) is 49.3 Å². The molecule has 0 amide bonds. The molecule has 0 saturated carbocycles. The highest BCUT2D eigenvalue weighted by Gasteiger charge is 2.30. The molecule has 1 aliphatic heterocycles. The SMILES string of the molecule is CCC(N)C(SC1CCOC1C)c1ccc(Cl)cc1.